The maximum Gasteiger partial charge on any atom is 0.408 e. The third-order valence-corrected chi connectivity index (χ3v) is 5.48. The molecule has 0 fully saturated rings. The van der Waals surface area contributed by atoms with Crippen LogP contribution in [-0.4, -0.2) is 23.8 Å². The van der Waals surface area contributed by atoms with E-state index in [-0.39, 0.29) is 12.5 Å². The molecule has 2 N–H and O–H groups in total. The van der Waals surface area contributed by atoms with E-state index in [0.717, 1.165) is 22.3 Å². The number of carbonyl (C=O) groups excluding carboxylic acids is 1. The molecule has 0 bridgehead atoms. The van der Waals surface area contributed by atoms with Crippen LogP contribution in [0.2, 0.25) is 0 Å². The fourth-order valence-corrected chi connectivity index (χ4v) is 4.27. The second-order valence-corrected chi connectivity index (χ2v) is 7.58. The zero-order valence-electron chi connectivity index (χ0n) is 15.5. The minimum Gasteiger partial charge on any atom is -0.479 e. The quantitative estimate of drug-likeness (QED) is 0.563. The molecule has 1 aliphatic rings. The number of hydrogen-bond acceptors (Lipinski definition) is 4. The topological polar surface area (TPSA) is 88.8 Å². The minimum atomic E-state index is -1.26. The number of hydrogen-bond donors (Lipinski definition) is 2. The van der Waals surface area contributed by atoms with E-state index in [9.17, 15) is 14.7 Å². The number of carbonyl (C=O) groups is 2. The molecule has 2 aromatic carbocycles. The smallest absolute Gasteiger partial charge is 0.408 e. The van der Waals surface area contributed by atoms with Crippen molar-refractivity contribution in [1.29, 1.82) is 0 Å². The van der Waals surface area contributed by atoms with Crippen LogP contribution in [0, 0.1) is 6.92 Å². The van der Waals surface area contributed by atoms with Crippen LogP contribution in [0.3, 0.4) is 0 Å². The number of benzene rings is 2. The van der Waals surface area contributed by atoms with Gasteiger partial charge in [-0.2, -0.15) is 0 Å². The molecular formula is C22H18BrNO5. The van der Waals surface area contributed by atoms with Crippen LogP contribution in [-0.2, 0) is 9.53 Å². The zero-order valence-corrected chi connectivity index (χ0v) is 17.1. The minimum absolute atomic E-state index is 0.0961. The summed E-state index contributed by atoms with van der Waals surface area (Å²) in [6.07, 6.45) is -0.795. The highest BCUT2D eigenvalue weighted by molar-refractivity contribution is 9.10. The van der Waals surface area contributed by atoms with E-state index in [1.54, 1.807) is 6.92 Å². The van der Waals surface area contributed by atoms with Gasteiger partial charge in [0.15, 0.2) is 10.7 Å². The number of alkyl carbamates (subject to hydrolysis) is 1. The van der Waals surface area contributed by atoms with Crippen LogP contribution in [0.5, 0.6) is 0 Å². The maximum atomic E-state index is 12.4. The van der Waals surface area contributed by atoms with Crippen LogP contribution < -0.4 is 5.32 Å². The van der Waals surface area contributed by atoms with Crippen molar-refractivity contribution in [3.8, 4) is 11.1 Å². The number of aliphatic carboxylic acids is 1. The van der Waals surface area contributed by atoms with Crippen LogP contribution in [0.25, 0.3) is 11.1 Å². The molecule has 1 unspecified atom stereocenters. The van der Waals surface area contributed by atoms with E-state index in [1.165, 1.54) is 6.07 Å². The van der Waals surface area contributed by atoms with Crippen molar-refractivity contribution in [2.75, 3.05) is 6.61 Å². The highest BCUT2D eigenvalue weighted by Crippen LogP contribution is 2.44. The molecule has 6 nitrogen and oxygen atoms in total. The Bertz CT molecular complexity index is 1040. The lowest BCUT2D eigenvalue weighted by molar-refractivity contribution is -0.139. The molecule has 1 aliphatic carbocycles. The molecule has 0 saturated carbocycles. The number of aryl methyl sites for hydroxylation is 1. The molecule has 0 saturated heterocycles. The Morgan fingerprint density at radius 2 is 1.72 bits per heavy atom. The highest BCUT2D eigenvalue weighted by Gasteiger charge is 2.31. The van der Waals surface area contributed by atoms with E-state index in [2.05, 4.69) is 21.2 Å². The van der Waals surface area contributed by atoms with Gasteiger partial charge in [-0.05, 0) is 51.2 Å². The molecule has 1 atom stereocenters. The summed E-state index contributed by atoms with van der Waals surface area (Å²) >= 11 is 3.17. The van der Waals surface area contributed by atoms with Gasteiger partial charge >= 0.3 is 12.1 Å². The van der Waals surface area contributed by atoms with Crippen molar-refractivity contribution in [3.63, 3.8) is 0 Å². The first-order valence-electron chi connectivity index (χ1n) is 9.06. The Morgan fingerprint density at radius 3 is 2.24 bits per heavy atom. The predicted molar refractivity (Wildman–Crippen MR) is 110 cm³/mol. The van der Waals surface area contributed by atoms with Crippen LogP contribution in [0.15, 0.2) is 63.7 Å². The first-order valence-corrected chi connectivity index (χ1v) is 9.85. The summed E-state index contributed by atoms with van der Waals surface area (Å²) in [7, 11) is 0. The number of rotatable bonds is 5. The lowest BCUT2D eigenvalue weighted by Crippen LogP contribution is -2.35. The second kappa shape index (κ2) is 7.75. The summed E-state index contributed by atoms with van der Waals surface area (Å²) in [4.78, 5) is 24.0. The molecule has 148 valence electrons. The summed E-state index contributed by atoms with van der Waals surface area (Å²) < 4.78 is 11.1. The second-order valence-electron chi connectivity index (χ2n) is 6.80. The molecule has 29 heavy (non-hydrogen) atoms. The van der Waals surface area contributed by atoms with Crippen molar-refractivity contribution < 1.29 is 23.8 Å². The molecule has 7 heteroatoms. The third kappa shape index (κ3) is 3.65. The van der Waals surface area contributed by atoms with Crippen LogP contribution >= 0.6 is 15.9 Å². The Morgan fingerprint density at radius 1 is 1.14 bits per heavy atom. The zero-order chi connectivity index (χ0) is 20.5. The average molecular weight is 456 g/mol. The fraction of sp³-hybridized carbons (Fsp3) is 0.182. The van der Waals surface area contributed by atoms with Crippen molar-refractivity contribution >= 4 is 28.0 Å². The largest absolute Gasteiger partial charge is 0.479 e. The predicted octanol–water partition coefficient (Wildman–Crippen LogP) is 5.01. The van der Waals surface area contributed by atoms with Gasteiger partial charge < -0.3 is 19.6 Å². The van der Waals surface area contributed by atoms with Crippen LogP contribution in [0.1, 0.15) is 34.4 Å². The Balaban J connectivity index is 1.50. The highest BCUT2D eigenvalue weighted by atomic mass is 79.9. The molecule has 1 amide bonds. The molecule has 0 radical (unpaired) electrons. The van der Waals surface area contributed by atoms with Gasteiger partial charge in [-0.3, -0.25) is 0 Å². The van der Waals surface area contributed by atoms with Gasteiger partial charge in [0.2, 0.25) is 0 Å². The summed E-state index contributed by atoms with van der Waals surface area (Å²) in [5.41, 5.74) is 4.79. The summed E-state index contributed by atoms with van der Waals surface area (Å²) in [6.45, 7) is 1.75. The summed E-state index contributed by atoms with van der Waals surface area (Å²) in [5, 5.41) is 11.9. The number of carboxylic acid groups (broad SMARTS) is 1. The monoisotopic (exact) mass is 455 g/mol. The number of nitrogens with one attached hydrogen (secondary N) is 1. The molecule has 4 rings (SSSR count). The first kappa shape index (κ1) is 19.3. The standard InChI is InChI=1S/C22H18BrNO5/c1-12-17(10-19(23)29-12)20(21(25)26)24-22(27)28-11-18-15-8-4-2-6-13(15)14-7-3-5-9-16(14)18/h2-10,18,20H,11H2,1H3,(H,24,27)(H,25,26). The number of ether oxygens (including phenoxy) is 1. The number of fused-ring (bicyclic) bond motifs is 3. The van der Waals surface area contributed by atoms with Crippen LogP contribution in [0.4, 0.5) is 4.79 Å². The first-order chi connectivity index (χ1) is 14.0. The van der Waals surface area contributed by atoms with Crippen molar-refractivity contribution in [2.45, 2.75) is 18.9 Å². The SMILES string of the molecule is Cc1oc(Br)cc1C(NC(=O)OCC1c2ccccc2-c2ccccc21)C(=O)O. The van der Waals surface area contributed by atoms with Crippen molar-refractivity contribution in [2.24, 2.45) is 0 Å². The number of furan rings is 1. The van der Waals surface area contributed by atoms with Gasteiger partial charge in [0, 0.05) is 11.5 Å². The molecule has 1 heterocycles. The van der Waals surface area contributed by atoms with Gasteiger partial charge in [0.05, 0.1) is 0 Å². The molecule has 0 spiro atoms. The Hall–Kier alpha value is -3.06. The van der Waals surface area contributed by atoms with Crippen molar-refractivity contribution in [1.82, 2.24) is 5.32 Å². The lowest BCUT2D eigenvalue weighted by atomic mass is 9.98. The van der Waals surface area contributed by atoms with Gasteiger partial charge in [0.25, 0.3) is 0 Å². The van der Waals surface area contributed by atoms with Gasteiger partial charge in [0.1, 0.15) is 12.4 Å². The third-order valence-electron chi connectivity index (χ3n) is 5.09. The van der Waals surface area contributed by atoms with E-state index in [4.69, 9.17) is 9.15 Å². The number of carboxylic acids is 1. The normalized spacial score (nSPS) is 13.4. The lowest BCUT2D eigenvalue weighted by Gasteiger charge is -2.17. The van der Waals surface area contributed by atoms with Gasteiger partial charge in [-0.1, -0.05) is 48.5 Å². The number of amides is 1. The molecular weight excluding hydrogens is 438 g/mol. The number of halogens is 1. The van der Waals surface area contributed by atoms with E-state index >= 15 is 0 Å². The van der Waals surface area contributed by atoms with E-state index in [1.807, 2.05) is 48.5 Å². The summed E-state index contributed by atoms with van der Waals surface area (Å²) in [6, 6.07) is 16.3. The summed E-state index contributed by atoms with van der Waals surface area (Å²) in [5.74, 6) is -0.889. The Labute approximate surface area is 175 Å². The Kier molecular flexibility index (Phi) is 5.15. The van der Waals surface area contributed by atoms with Crippen molar-refractivity contribution in [3.05, 3.63) is 81.7 Å². The van der Waals surface area contributed by atoms with Gasteiger partial charge in [-0.15, -0.1) is 0 Å². The molecule has 1 aromatic heterocycles. The van der Waals surface area contributed by atoms with E-state index in [0.29, 0.717) is 16.0 Å². The fourth-order valence-electron chi connectivity index (χ4n) is 3.78. The van der Waals surface area contributed by atoms with Gasteiger partial charge in [-0.25, -0.2) is 9.59 Å². The molecule has 3 aromatic rings. The average Bonchev–Trinajstić information content (AvgIpc) is 3.20. The van der Waals surface area contributed by atoms with E-state index < -0.39 is 18.1 Å². The molecule has 0 aliphatic heterocycles. The maximum absolute atomic E-state index is 12.4.